The molecule has 0 radical (unpaired) electrons. The Morgan fingerprint density at radius 3 is 2.05 bits per heavy atom. The molecule has 0 aliphatic heterocycles. The van der Waals surface area contributed by atoms with Crippen molar-refractivity contribution in [1.29, 1.82) is 0 Å². The Morgan fingerprint density at radius 1 is 0.950 bits per heavy atom. The second-order valence-electron chi connectivity index (χ2n) is 5.98. The van der Waals surface area contributed by atoms with Crippen molar-refractivity contribution in [1.82, 2.24) is 4.90 Å². The molecule has 0 heterocycles. The number of rotatable bonds is 8. The molecule has 0 saturated carbocycles. The third-order valence-electron chi connectivity index (χ3n) is 3.87. The van der Waals surface area contributed by atoms with Crippen LogP contribution in [0.1, 0.15) is 64.5 Å². The third kappa shape index (κ3) is 4.82. The zero-order valence-electron chi connectivity index (χ0n) is 14.1. The summed E-state index contributed by atoms with van der Waals surface area (Å²) in [4.78, 5) is 2.38. The van der Waals surface area contributed by atoms with E-state index < -0.39 is 0 Å². The smallest absolute Gasteiger partial charge is 0.119 e. The lowest BCUT2D eigenvalue weighted by molar-refractivity contribution is 0.222. The van der Waals surface area contributed by atoms with E-state index >= 15 is 0 Å². The summed E-state index contributed by atoms with van der Waals surface area (Å²) in [7, 11) is 0. The minimum atomic E-state index is 0.540. The molecule has 114 valence electrons. The second-order valence-corrected chi connectivity index (χ2v) is 5.98. The highest BCUT2D eigenvalue weighted by molar-refractivity contribution is 5.39. The Balaban J connectivity index is 2.70. The van der Waals surface area contributed by atoms with E-state index in [0.29, 0.717) is 11.8 Å². The molecule has 2 nitrogen and oxygen atoms in total. The normalized spacial score (nSPS) is 11.7. The highest BCUT2D eigenvalue weighted by Crippen LogP contribution is 2.29. The summed E-state index contributed by atoms with van der Waals surface area (Å²) in [5.74, 6) is 2.11. The molecule has 1 rings (SSSR count). The molecule has 1 aromatic carbocycles. The van der Waals surface area contributed by atoms with Gasteiger partial charge >= 0.3 is 0 Å². The highest BCUT2D eigenvalue weighted by atomic mass is 16.5. The van der Waals surface area contributed by atoms with E-state index in [9.17, 15) is 0 Å². The number of hydrogen-bond donors (Lipinski definition) is 0. The number of likely N-dealkylation sites (N-methyl/N-ethyl adjacent to an activating group) is 1. The zero-order valence-corrected chi connectivity index (χ0v) is 14.1. The first-order valence-electron chi connectivity index (χ1n) is 7.98. The van der Waals surface area contributed by atoms with Gasteiger partial charge in [0.1, 0.15) is 12.4 Å². The van der Waals surface area contributed by atoms with Gasteiger partial charge in [-0.2, -0.15) is 0 Å². The maximum absolute atomic E-state index is 5.92. The van der Waals surface area contributed by atoms with Crippen molar-refractivity contribution in [3.8, 4) is 5.75 Å². The Labute approximate surface area is 125 Å². The summed E-state index contributed by atoms with van der Waals surface area (Å²) in [6.07, 6.45) is 0. The molecule has 0 fully saturated rings. The lowest BCUT2D eigenvalue weighted by Gasteiger charge is -2.20. The molecule has 0 bridgehead atoms. The van der Waals surface area contributed by atoms with Gasteiger partial charge in [0.25, 0.3) is 0 Å². The Kier molecular flexibility index (Phi) is 7.08. The first-order valence-corrected chi connectivity index (χ1v) is 7.98. The van der Waals surface area contributed by atoms with E-state index in [4.69, 9.17) is 4.74 Å². The number of nitrogens with zero attached hydrogens (tertiary/aromatic N) is 1. The Bertz CT molecular complexity index is 394. The summed E-state index contributed by atoms with van der Waals surface area (Å²) >= 11 is 0. The van der Waals surface area contributed by atoms with Crippen LogP contribution < -0.4 is 4.74 Å². The standard InChI is InChI=1S/C18H31NO/c1-7-19(8-2)11-12-20-16-9-10-17(14(3)4)18(13-16)15(5)6/h9-10,13-15H,7-8,11-12H2,1-6H3. The largest absolute Gasteiger partial charge is 0.492 e. The minimum absolute atomic E-state index is 0.540. The molecule has 0 spiro atoms. The Hall–Kier alpha value is -1.02. The first kappa shape index (κ1) is 17.0. The molecule has 0 saturated heterocycles. The minimum Gasteiger partial charge on any atom is -0.492 e. The second kappa shape index (κ2) is 8.31. The van der Waals surface area contributed by atoms with Crippen LogP contribution in [-0.4, -0.2) is 31.1 Å². The molecule has 0 aliphatic carbocycles. The van der Waals surface area contributed by atoms with Crippen molar-refractivity contribution in [3.05, 3.63) is 29.3 Å². The zero-order chi connectivity index (χ0) is 15.1. The predicted molar refractivity (Wildman–Crippen MR) is 87.9 cm³/mol. The Morgan fingerprint density at radius 2 is 1.55 bits per heavy atom. The monoisotopic (exact) mass is 277 g/mol. The SMILES string of the molecule is CCN(CC)CCOc1ccc(C(C)C)c(C(C)C)c1. The summed E-state index contributed by atoms with van der Waals surface area (Å²) < 4.78 is 5.92. The van der Waals surface area contributed by atoms with Crippen LogP contribution in [0.2, 0.25) is 0 Å². The molecule has 0 aliphatic rings. The van der Waals surface area contributed by atoms with E-state index in [1.54, 1.807) is 0 Å². The van der Waals surface area contributed by atoms with Gasteiger partial charge in [-0.3, -0.25) is 0 Å². The van der Waals surface area contributed by atoms with Crippen molar-refractivity contribution in [2.75, 3.05) is 26.2 Å². The fourth-order valence-electron chi connectivity index (χ4n) is 2.50. The van der Waals surface area contributed by atoms with E-state index in [-0.39, 0.29) is 0 Å². The summed E-state index contributed by atoms with van der Waals surface area (Å²) in [5.41, 5.74) is 2.86. The van der Waals surface area contributed by atoms with Crippen LogP contribution in [0, 0.1) is 0 Å². The average Bonchev–Trinajstić information content (AvgIpc) is 2.43. The molecule has 0 aromatic heterocycles. The van der Waals surface area contributed by atoms with Crippen LogP contribution in [0.3, 0.4) is 0 Å². The summed E-state index contributed by atoms with van der Waals surface area (Å²) in [5, 5.41) is 0. The van der Waals surface area contributed by atoms with Crippen LogP contribution in [0.5, 0.6) is 5.75 Å². The summed E-state index contributed by atoms with van der Waals surface area (Å²) in [6, 6.07) is 6.57. The van der Waals surface area contributed by atoms with Crippen LogP contribution in [-0.2, 0) is 0 Å². The topological polar surface area (TPSA) is 12.5 Å². The van der Waals surface area contributed by atoms with E-state index in [1.165, 1.54) is 11.1 Å². The van der Waals surface area contributed by atoms with Crippen LogP contribution in [0.4, 0.5) is 0 Å². The third-order valence-corrected chi connectivity index (χ3v) is 3.87. The van der Waals surface area contributed by atoms with Crippen molar-refractivity contribution in [2.45, 2.75) is 53.4 Å². The molecule has 0 amide bonds. The first-order chi connectivity index (χ1) is 9.49. The molecule has 0 N–H and O–H groups in total. The maximum atomic E-state index is 5.92. The van der Waals surface area contributed by atoms with Crippen molar-refractivity contribution >= 4 is 0 Å². The lowest BCUT2D eigenvalue weighted by Crippen LogP contribution is -2.27. The molecule has 1 aromatic rings. The van der Waals surface area contributed by atoms with Crippen LogP contribution >= 0.6 is 0 Å². The van der Waals surface area contributed by atoms with Crippen molar-refractivity contribution in [2.24, 2.45) is 0 Å². The highest BCUT2D eigenvalue weighted by Gasteiger charge is 2.11. The maximum Gasteiger partial charge on any atom is 0.119 e. The van der Waals surface area contributed by atoms with E-state index in [1.807, 2.05) is 0 Å². The molecule has 0 atom stereocenters. The molecular formula is C18H31NO. The number of ether oxygens (including phenoxy) is 1. The van der Waals surface area contributed by atoms with Gasteiger partial charge < -0.3 is 9.64 Å². The van der Waals surface area contributed by atoms with Gasteiger partial charge in [-0.1, -0.05) is 47.6 Å². The average molecular weight is 277 g/mol. The van der Waals surface area contributed by atoms with Crippen LogP contribution in [0.25, 0.3) is 0 Å². The van der Waals surface area contributed by atoms with Crippen molar-refractivity contribution < 1.29 is 4.74 Å². The number of hydrogen-bond acceptors (Lipinski definition) is 2. The van der Waals surface area contributed by atoms with E-state index in [0.717, 1.165) is 32.0 Å². The van der Waals surface area contributed by atoms with Gasteiger partial charge in [-0.05, 0) is 48.2 Å². The van der Waals surface area contributed by atoms with Gasteiger partial charge in [0.2, 0.25) is 0 Å². The van der Waals surface area contributed by atoms with Gasteiger partial charge in [-0.25, -0.2) is 0 Å². The van der Waals surface area contributed by atoms with E-state index in [2.05, 4.69) is 64.6 Å². The predicted octanol–water partition coefficient (Wildman–Crippen LogP) is 4.65. The van der Waals surface area contributed by atoms with Crippen LogP contribution in [0.15, 0.2) is 18.2 Å². The van der Waals surface area contributed by atoms with Gasteiger partial charge in [-0.15, -0.1) is 0 Å². The molecule has 0 unspecified atom stereocenters. The summed E-state index contributed by atoms with van der Waals surface area (Å²) in [6.45, 7) is 17.3. The molecular weight excluding hydrogens is 246 g/mol. The molecule has 2 heteroatoms. The van der Waals surface area contributed by atoms with Gasteiger partial charge in [0, 0.05) is 6.54 Å². The fourth-order valence-corrected chi connectivity index (χ4v) is 2.50. The number of benzene rings is 1. The lowest BCUT2D eigenvalue weighted by atomic mass is 9.90. The fraction of sp³-hybridized carbons (Fsp3) is 0.667. The van der Waals surface area contributed by atoms with Gasteiger partial charge in [0.05, 0.1) is 0 Å². The van der Waals surface area contributed by atoms with Crippen molar-refractivity contribution in [3.63, 3.8) is 0 Å². The molecule has 20 heavy (non-hydrogen) atoms. The van der Waals surface area contributed by atoms with Gasteiger partial charge in [0.15, 0.2) is 0 Å². The quantitative estimate of drug-likeness (QED) is 0.685.